The molecule has 0 spiro atoms. The third-order valence-electron chi connectivity index (χ3n) is 3.80. The number of benzene rings is 1. The molecule has 128 valence electrons. The summed E-state index contributed by atoms with van der Waals surface area (Å²) < 4.78 is 43.6. The Hall–Kier alpha value is -1.34. The Morgan fingerprint density at radius 1 is 1.30 bits per heavy atom. The molecule has 0 atom stereocenters. The number of halogens is 2. The van der Waals surface area contributed by atoms with E-state index < -0.39 is 27.3 Å². The first-order valence-corrected chi connectivity index (χ1v) is 9.60. The maximum atomic E-state index is 14.1. The van der Waals surface area contributed by atoms with E-state index in [1.165, 1.54) is 0 Å². The van der Waals surface area contributed by atoms with E-state index in [1.54, 1.807) is 4.72 Å². The molecule has 8 heteroatoms. The van der Waals surface area contributed by atoms with E-state index in [-0.39, 0.29) is 16.9 Å². The molecule has 1 saturated carbocycles. The highest BCUT2D eigenvalue weighted by Crippen LogP contribution is 2.32. The van der Waals surface area contributed by atoms with Gasteiger partial charge in [-0.25, -0.2) is 17.5 Å². The molecule has 1 fully saturated rings. The van der Waals surface area contributed by atoms with E-state index in [0.717, 1.165) is 44.1 Å². The Bertz CT molecular complexity index is 700. The second kappa shape index (κ2) is 7.05. The van der Waals surface area contributed by atoms with Gasteiger partial charge < -0.3 is 4.74 Å². The van der Waals surface area contributed by atoms with Crippen molar-refractivity contribution in [2.24, 2.45) is 5.92 Å². The second-order valence-corrected chi connectivity index (χ2v) is 8.12. The number of nitrogens with one attached hydrogen (secondary N) is 1. The molecule has 0 unspecified atom stereocenters. The van der Waals surface area contributed by atoms with Gasteiger partial charge in [-0.2, -0.15) is 0 Å². The molecule has 1 aliphatic carbocycles. The molecule has 1 aliphatic rings. The molecule has 2 rings (SSSR count). The Morgan fingerprint density at radius 2 is 1.91 bits per heavy atom. The Morgan fingerprint density at radius 3 is 2.48 bits per heavy atom. The van der Waals surface area contributed by atoms with Crippen LogP contribution < -0.4 is 9.46 Å². The van der Waals surface area contributed by atoms with Crippen LogP contribution in [0.5, 0.6) is 5.75 Å². The molecule has 0 aliphatic heterocycles. The molecule has 0 radical (unpaired) electrons. The van der Waals surface area contributed by atoms with E-state index in [1.807, 2.05) is 0 Å². The van der Waals surface area contributed by atoms with Gasteiger partial charge in [0.1, 0.15) is 11.6 Å². The van der Waals surface area contributed by atoms with E-state index in [4.69, 9.17) is 16.3 Å². The molecule has 5 nitrogen and oxygen atoms in total. The van der Waals surface area contributed by atoms with Crippen molar-refractivity contribution in [3.63, 3.8) is 0 Å². The van der Waals surface area contributed by atoms with Gasteiger partial charge in [0, 0.05) is 6.07 Å². The lowest BCUT2D eigenvalue weighted by Crippen LogP contribution is -2.30. The van der Waals surface area contributed by atoms with Crippen LogP contribution in [0, 0.1) is 11.7 Å². The molecule has 0 heterocycles. The number of amides is 1. The minimum absolute atomic E-state index is 0.0289. The van der Waals surface area contributed by atoms with Crippen LogP contribution in [0.1, 0.15) is 43.0 Å². The van der Waals surface area contributed by atoms with Crippen molar-refractivity contribution < 1.29 is 22.3 Å². The number of sulfonamides is 1. The lowest BCUT2D eigenvalue weighted by atomic mass is 9.89. The highest BCUT2D eigenvalue weighted by Gasteiger charge is 2.23. The Balaban J connectivity index is 2.15. The fourth-order valence-electron chi connectivity index (χ4n) is 2.54. The average molecular weight is 364 g/mol. The van der Waals surface area contributed by atoms with E-state index >= 15 is 0 Å². The molecule has 23 heavy (non-hydrogen) atoms. The number of carbonyl (C=O) groups is 1. The summed E-state index contributed by atoms with van der Waals surface area (Å²) in [7, 11) is -3.78. The summed E-state index contributed by atoms with van der Waals surface area (Å²) in [5.41, 5.74) is -0.440. The first kappa shape index (κ1) is 18.0. The summed E-state index contributed by atoms with van der Waals surface area (Å²) >= 11 is 6.04. The minimum Gasteiger partial charge on any atom is -0.489 e. The molecule has 0 bridgehead atoms. The van der Waals surface area contributed by atoms with E-state index in [0.29, 0.717) is 5.92 Å². The fraction of sp³-hybridized carbons (Fsp3) is 0.533. The molecule has 0 saturated heterocycles. The molecule has 1 aromatic rings. The molecule has 0 aromatic heterocycles. The molecule has 1 aromatic carbocycles. The molecular formula is C15H19ClFNO4S. The highest BCUT2D eigenvalue weighted by atomic mass is 35.5. The van der Waals surface area contributed by atoms with Gasteiger partial charge >= 0.3 is 0 Å². The summed E-state index contributed by atoms with van der Waals surface area (Å²) in [6.45, 7) is 2.18. The van der Waals surface area contributed by atoms with Gasteiger partial charge in [0.15, 0.2) is 0 Å². The third-order valence-corrected chi connectivity index (χ3v) is 4.65. The Labute approximate surface area is 140 Å². The summed E-state index contributed by atoms with van der Waals surface area (Å²) in [4.78, 5) is 11.7. The van der Waals surface area contributed by atoms with Crippen LogP contribution in [0.2, 0.25) is 5.02 Å². The van der Waals surface area contributed by atoms with E-state index in [2.05, 4.69) is 6.92 Å². The van der Waals surface area contributed by atoms with Gasteiger partial charge in [-0.3, -0.25) is 4.79 Å². The van der Waals surface area contributed by atoms with Crippen LogP contribution in [0.25, 0.3) is 0 Å². The first-order valence-electron chi connectivity index (χ1n) is 7.33. The number of carbonyl (C=O) groups excluding carboxylic acids is 1. The number of rotatable bonds is 4. The largest absolute Gasteiger partial charge is 0.489 e. The summed E-state index contributed by atoms with van der Waals surface area (Å²) in [5, 5.41) is 0.0728. The van der Waals surface area contributed by atoms with Gasteiger partial charge in [0.25, 0.3) is 5.91 Å². The monoisotopic (exact) mass is 363 g/mol. The minimum atomic E-state index is -3.78. The van der Waals surface area contributed by atoms with Gasteiger partial charge in [-0.05, 0) is 37.7 Å². The number of hydrogen-bond acceptors (Lipinski definition) is 4. The van der Waals surface area contributed by atoms with Crippen LogP contribution >= 0.6 is 11.6 Å². The highest BCUT2D eigenvalue weighted by molar-refractivity contribution is 7.89. The van der Waals surface area contributed by atoms with Crippen molar-refractivity contribution in [2.45, 2.75) is 38.7 Å². The fourth-order valence-corrected chi connectivity index (χ4v) is 3.20. The zero-order valence-electron chi connectivity index (χ0n) is 12.9. The number of ether oxygens (including phenoxy) is 1. The van der Waals surface area contributed by atoms with Crippen LogP contribution in [-0.4, -0.2) is 26.7 Å². The van der Waals surface area contributed by atoms with Gasteiger partial charge in [0.2, 0.25) is 10.0 Å². The summed E-state index contributed by atoms with van der Waals surface area (Å²) in [6, 6.07) is 2.11. The topological polar surface area (TPSA) is 72.5 Å². The molecule has 1 N–H and O–H groups in total. The van der Waals surface area contributed by atoms with Crippen LogP contribution in [0.4, 0.5) is 4.39 Å². The van der Waals surface area contributed by atoms with Crippen molar-refractivity contribution in [3.05, 3.63) is 28.5 Å². The van der Waals surface area contributed by atoms with Gasteiger partial charge in [-0.1, -0.05) is 18.5 Å². The quantitative estimate of drug-likeness (QED) is 0.892. The van der Waals surface area contributed by atoms with Crippen LogP contribution in [0.15, 0.2) is 12.1 Å². The van der Waals surface area contributed by atoms with Crippen molar-refractivity contribution in [3.8, 4) is 5.75 Å². The van der Waals surface area contributed by atoms with E-state index in [9.17, 15) is 17.6 Å². The lowest BCUT2D eigenvalue weighted by Gasteiger charge is -2.27. The standard InChI is InChI=1S/C15H19ClFNO4S/c1-9-3-5-10(6-4-9)22-14-8-13(17)11(7-12(14)16)15(19)18-23(2,20)21/h7-10H,3-6H2,1-2H3,(H,18,19). The van der Waals surface area contributed by atoms with Gasteiger partial charge in [0.05, 0.1) is 22.9 Å². The van der Waals surface area contributed by atoms with Crippen molar-refractivity contribution >= 4 is 27.5 Å². The zero-order valence-corrected chi connectivity index (χ0v) is 14.5. The average Bonchev–Trinajstić information content (AvgIpc) is 2.43. The maximum absolute atomic E-state index is 14.1. The second-order valence-electron chi connectivity index (χ2n) is 5.97. The zero-order chi connectivity index (χ0) is 17.2. The Kier molecular flexibility index (Phi) is 5.52. The van der Waals surface area contributed by atoms with Crippen molar-refractivity contribution in [2.75, 3.05) is 6.26 Å². The van der Waals surface area contributed by atoms with Crippen molar-refractivity contribution in [1.29, 1.82) is 0 Å². The summed E-state index contributed by atoms with van der Waals surface area (Å²) in [5.74, 6) is -1.12. The molecule has 1 amide bonds. The van der Waals surface area contributed by atoms with Crippen molar-refractivity contribution in [1.82, 2.24) is 4.72 Å². The number of hydrogen-bond donors (Lipinski definition) is 1. The summed E-state index contributed by atoms with van der Waals surface area (Å²) in [6.07, 6.45) is 4.61. The third kappa shape index (κ3) is 5.07. The lowest BCUT2D eigenvalue weighted by molar-refractivity contribution is 0.0977. The normalized spacial score (nSPS) is 21.7. The van der Waals surface area contributed by atoms with Gasteiger partial charge in [-0.15, -0.1) is 0 Å². The van der Waals surface area contributed by atoms with Crippen LogP contribution in [-0.2, 0) is 10.0 Å². The molecular weight excluding hydrogens is 345 g/mol. The predicted molar refractivity (Wildman–Crippen MR) is 85.8 cm³/mol. The SMILES string of the molecule is CC1CCC(Oc2cc(F)c(C(=O)NS(C)(=O)=O)cc2Cl)CC1. The van der Waals surface area contributed by atoms with Crippen LogP contribution in [0.3, 0.4) is 0 Å². The predicted octanol–water partition coefficient (Wildman–Crippen LogP) is 3.13. The first-order chi connectivity index (χ1) is 10.7. The smallest absolute Gasteiger partial charge is 0.267 e. The maximum Gasteiger partial charge on any atom is 0.267 e.